The van der Waals surface area contributed by atoms with E-state index in [1.807, 2.05) is 48.7 Å². The van der Waals surface area contributed by atoms with Crippen molar-refractivity contribution in [3.05, 3.63) is 65.9 Å². The Morgan fingerprint density at radius 1 is 1.00 bits per heavy atom. The lowest BCUT2D eigenvalue weighted by molar-refractivity contribution is -0.148. The van der Waals surface area contributed by atoms with Gasteiger partial charge < -0.3 is 19.8 Å². The van der Waals surface area contributed by atoms with Crippen molar-refractivity contribution in [3.8, 4) is 5.75 Å². The smallest absolute Gasteiger partial charge is 0.306 e. The molecule has 3 aromatic rings. The Hall–Kier alpha value is -3.28. The van der Waals surface area contributed by atoms with Crippen LogP contribution in [0.1, 0.15) is 24.0 Å². The SMILES string of the molecule is COc1ccccc1CCNC(=O)COC(=O)CCCc1c[nH]c2ccccc12. The van der Waals surface area contributed by atoms with Crippen LogP contribution in [0.2, 0.25) is 0 Å². The van der Waals surface area contributed by atoms with Crippen molar-refractivity contribution >= 4 is 22.8 Å². The summed E-state index contributed by atoms with van der Waals surface area (Å²) in [6.07, 6.45) is 4.37. The number of hydrogen-bond acceptors (Lipinski definition) is 4. The third-order valence-electron chi connectivity index (χ3n) is 4.78. The van der Waals surface area contributed by atoms with E-state index in [0.29, 0.717) is 19.4 Å². The van der Waals surface area contributed by atoms with Crippen LogP contribution in [-0.2, 0) is 27.2 Å². The number of amides is 1. The summed E-state index contributed by atoms with van der Waals surface area (Å²) in [5.41, 5.74) is 3.29. The van der Waals surface area contributed by atoms with Crippen LogP contribution in [0.4, 0.5) is 0 Å². The highest BCUT2D eigenvalue weighted by Gasteiger charge is 2.09. The number of carbonyl (C=O) groups is 2. The van der Waals surface area contributed by atoms with E-state index in [9.17, 15) is 9.59 Å². The Morgan fingerprint density at radius 2 is 1.79 bits per heavy atom. The van der Waals surface area contributed by atoms with Crippen LogP contribution in [-0.4, -0.2) is 37.1 Å². The first kappa shape index (κ1) is 20.5. The topological polar surface area (TPSA) is 80.4 Å². The highest BCUT2D eigenvalue weighted by atomic mass is 16.5. The van der Waals surface area contributed by atoms with E-state index in [0.717, 1.165) is 23.3 Å². The largest absolute Gasteiger partial charge is 0.496 e. The summed E-state index contributed by atoms with van der Waals surface area (Å²) in [4.78, 5) is 27.0. The summed E-state index contributed by atoms with van der Waals surface area (Å²) in [7, 11) is 1.62. The second kappa shape index (κ2) is 10.3. The van der Waals surface area contributed by atoms with Crippen molar-refractivity contribution in [2.45, 2.75) is 25.7 Å². The first-order chi connectivity index (χ1) is 14.2. The lowest BCUT2D eigenvalue weighted by atomic mass is 10.1. The number of hydrogen-bond donors (Lipinski definition) is 2. The van der Waals surface area contributed by atoms with E-state index < -0.39 is 0 Å². The molecule has 2 N–H and O–H groups in total. The zero-order chi connectivity index (χ0) is 20.5. The predicted molar refractivity (Wildman–Crippen MR) is 112 cm³/mol. The summed E-state index contributed by atoms with van der Waals surface area (Å²) in [6, 6.07) is 15.8. The zero-order valence-corrected chi connectivity index (χ0v) is 16.6. The Kier molecular flexibility index (Phi) is 7.28. The fraction of sp³-hybridized carbons (Fsp3) is 0.304. The van der Waals surface area contributed by atoms with Gasteiger partial charge in [0.25, 0.3) is 5.91 Å². The van der Waals surface area contributed by atoms with Gasteiger partial charge in [-0.25, -0.2) is 0 Å². The van der Waals surface area contributed by atoms with Crippen molar-refractivity contribution in [3.63, 3.8) is 0 Å². The van der Waals surface area contributed by atoms with Crippen LogP contribution in [0, 0.1) is 0 Å². The minimum atomic E-state index is -0.357. The molecule has 29 heavy (non-hydrogen) atoms. The second-order valence-corrected chi connectivity index (χ2v) is 6.79. The number of esters is 1. The normalized spacial score (nSPS) is 10.7. The number of benzene rings is 2. The molecule has 2 aromatic carbocycles. The van der Waals surface area contributed by atoms with E-state index in [2.05, 4.69) is 16.4 Å². The van der Waals surface area contributed by atoms with Gasteiger partial charge in [-0.15, -0.1) is 0 Å². The molecule has 0 aliphatic rings. The molecule has 3 rings (SSSR count). The Labute approximate surface area is 170 Å². The molecule has 0 aliphatic carbocycles. The Balaban J connectivity index is 1.32. The maximum absolute atomic E-state index is 11.9. The van der Waals surface area contributed by atoms with Crippen LogP contribution >= 0.6 is 0 Å². The Morgan fingerprint density at radius 3 is 2.66 bits per heavy atom. The van der Waals surface area contributed by atoms with Crippen molar-refractivity contribution in [2.24, 2.45) is 0 Å². The van der Waals surface area contributed by atoms with Crippen LogP contribution in [0.3, 0.4) is 0 Å². The van der Waals surface area contributed by atoms with Gasteiger partial charge in [0.2, 0.25) is 0 Å². The number of aromatic nitrogens is 1. The number of aryl methyl sites for hydroxylation is 1. The number of H-pyrrole nitrogens is 1. The van der Waals surface area contributed by atoms with Crippen LogP contribution < -0.4 is 10.1 Å². The molecule has 1 aromatic heterocycles. The summed E-state index contributed by atoms with van der Waals surface area (Å²) in [6.45, 7) is 0.204. The molecular weight excluding hydrogens is 368 g/mol. The van der Waals surface area contributed by atoms with Crippen LogP contribution in [0.15, 0.2) is 54.7 Å². The molecule has 1 heterocycles. The molecular formula is C23H26N2O4. The molecule has 0 saturated carbocycles. The highest BCUT2D eigenvalue weighted by molar-refractivity contribution is 5.83. The van der Waals surface area contributed by atoms with Crippen LogP contribution in [0.5, 0.6) is 5.75 Å². The van der Waals surface area contributed by atoms with Gasteiger partial charge in [-0.3, -0.25) is 9.59 Å². The van der Waals surface area contributed by atoms with Gasteiger partial charge in [-0.2, -0.15) is 0 Å². The fourth-order valence-corrected chi connectivity index (χ4v) is 3.28. The van der Waals surface area contributed by atoms with Crippen molar-refractivity contribution in [2.75, 3.05) is 20.3 Å². The van der Waals surface area contributed by atoms with E-state index in [1.54, 1.807) is 7.11 Å². The second-order valence-electron chi connectivity index (χ2n) is 6.79. The molecule has 0 spiro atoms. The number of ether oxygens (including phenoxy) is 2. The Bertz CT molecular complexity index is 964. The number of aromatic amines is 1. The monoisotopic (exact) mass is 394 g/mol. The lowest BCUT2D eigenvalue weighted by Gasteiger charge is -2.09. The van der Waals surface area contributed by atoms with Gasteiger partial charge in [-0.05, 0) is 42.5 Å². The zero-order valence-electron chi connectivity index (χ0n) is 16.6. The first-order valence-corrected chi connectivity index (χ1v) is 9.76. The molecule has 6 heteroatoms. The molecule has 0 saturated heterocycles. The number of fused-ring (bicyclic) bond motifs is 1. The molecule has 0 fully saturated rings. The number of methoxy groups -OCH3 is 1. The average molecular weight is 394 g/mol. The van der Waals surface area contributed by atoms with Gasteiger partial charge in [0.1, 0.15) is 5.75 Å². The maximum atomic E-state index is 11.9. The minimum absolute atomic E-state index is 0.252. The molecule has 0 atom stereocenters. The number of para-hydroxylation sites is 2. The third kappa shape index (κ3) is 5.85. The van der Waals surface area contributed by atoms with Crippen molar-refractivity contribution in [1.82, 2.24) is 10.3 Å². The van der Waals surface area contributed by atoms with Crippen molar-refractivity contribution < 1.29 is 19.1 Å². The summed E-state index contributed by atoms with van der Waals surface area (Å²) >= 11 is 0. The van der Waals surface area contributed by atoms with E-state index >= 15 is 0 Å². The first-order valence-electron chi connectivity index (χ1n) is 9.76. The molecule has 152 valence electrons. The third-order valence-corrected chi connectivity index (χ3v) is 4.78. The number of carbonyl (C=O) groups excluding carboxylic acids is 2. The summed E-state index contributed by atoms with van der Waals surface area (Å²) < 4.78 is 10.4. The van der Waals surface area contributed by atoms with Crippen molar-refractivity contribution in [1.29, 1.82) is 0 Å². The van der Waals surface area contributed by atoms with E-state index in [-0.39, 0.29) is 24.9 Å². The molecule has 6 nitrogen and oxygen atoms in total. The van der Waals surface area contributed by atoms with Gasteiger partial charge in [0.15, 0.2) is 6.61 Å². The van der Waals surface area contributed by atoms with Gasteiger partial charge in [0.05, 0.1) is 7.11 Å². The standard InChI is InChI=1S/C23H26N2O4/c1-28-21-11-5-2-7-17(21)13-14-24-22(26)16-29-23(27)12-6-8-18-15-25-20-10-4-3-9-19(18)20/h2-5,7,9-11,15,25H,6,8,12-14,16H2,1H3,(H,24,26). The van der Waals surface area contributed by atoms with Gasteiger partial charge >= 0.3 is 5.97 Å². The van der Waals surface area contributed by atoms with Gasteiger partial charge in [-0.1, -0.05) is 36.4 Å². The fourth-order valence-electron chi connectivity index (χ4n) is 3.28. The van der Waals surface area contributed by atoms with E-state index in [1.165, 1.54) is 10.9 Å². The summed E-state index contributed by atoms with van der Waals surface area (Å²) in [5.74, 6) is 0.137. The maximum Gasteiger partial charge on any atom is 0.306 e. The molecule has 0 unspecified atom stereocenters. The number of nitrogens with one attached hydrogen (secondary N) is 2. The minimum Gasteiger partial charge on any atom is -0.496 e. The summed E-state index contributed by atoms with van der Waals surface area (Å²) in [5, 5.41) is 3.94. The van der Waals surface area contributed by atoms with Crippen LogP contribution in [0.25, 0.3) is 10.9 Å². The van der Waals surface area contributed by atoms with E-state index in [4.69, 9.17) is 9.47 Å². The lowest BCUT2D eigenvalue weighted by Crippen LogP contribution is -2.30. The molecule has 0 aliphatic heterocycles. The molecule has 0 bridgehead atoms. The highest BCUT2D eigenvalue weighted by Crippen LogP contribution is 2.19. The van der Waals surface area contributed by atoms with Gasteiger partial charge in [0, 0.05) is 30.1 Å². The quantitative estimate of drug-likeness (QED) is 0.517. The average Bonchev–Trinajstić information content (AvgIpc) is 3.16. The number of rotatable bonds is 10. The predicted octanol–water partition coefficient (Wildman–Crippen LogP) is 3.40. The molecule has 0 radical (unpaired) electrons. The molecule has 1 amide bonds.